The summed E-state index contributed by atoms with van der Waals surface area (Å²) in [6.07, 6.45) is 0. The molecule has 0 bridgehead atoms. The molecule has 13 heavy (non-hydrogen) atoms. The molecule has 0 saturated heterocycles. The molecule has 0 aromatic rings. The molecular formula is C9H21N3O. The van der Waals surface area contributed by atoms with Crippen LogP contribution in [-0.2, 0) is 4.79 Å². The number of amides is 1. The highest BCUT2D eigenvalue weighted by Gasteiger charge is 2.24. The number of hydrogen-bond donors (Lipinski definition) is 2. The quantitative estimate of drug-likeness (QED) is 0.626. The van der Waals surface area contributed by atoms with Crippen molar-refractivity contribution in [3.63, 3.8) is 0 Å². The molecule has 0 heterocycles. The number of carbonyl (C=O) groups excluding carboxylic acids is 1. The number of nitrogens with one attached hydrogen (secondary N) is 1. The van der Waals surface area contributed by atoms with Crippen LogP contribution in [0.5, 0.6) is 0 Å². The Morgan fingerprint density at radius 3 is 2.38 bits per heavy atom. The molecule has 0 unspecified atom stereocenters. The van der Waals surface area contributed by atoms with Gasteiger partial charge in [0.2, 0.25) is 5.91 Å². The summed E-state index contributed by atoms with van der Waals surface area (Å²) < 4.78 is 0. The predicted molar refractivity (Wildman–Crippen MR) is 54.4 cm³/mol. The van der Waals surface area contributed by atoms with E-state index < -0.39 is 0 Å². The van der Waals surface area contributed by atoms with Gasteiger partial charge >= 0.3 is 0 Å². The van der Waals surface area contributed by atoms with Crippen LogP contribution in [0.2, 0.25) is 0 Å². The van der Waals surface area contributed by atoms with Gasteiger partial charge in [-0.2, -0.15) is 0 Å². The van der Waals surface area contributed by atoms with Crippen LogP contribution in [0, 0.1) is 0 Å². The summed E-state index contributed by atoms with van der Waals surface area (Å²) in [5.74, 6) is 0.0309. The molecule has 0 aliphatic heterocycles. The van der Waals surface area contributed by atoms with Gasteiger partial charge in [0.05, 0.1) is 6.54 Å². The summed E-state index contributed by atoms with van der Waals surface area (Å²) in [6, 6.07) is 0. The fourth-order valence-electron chi connectivity index (χ4n) is 1.14. The Labute approximate surface area is 80.5 Å². The van der Waals surface area contributed by atoms with Gasteiger partial charge in [-0.25, -0.2) is 0 Å². The van der Waals surface area contributed by atoms with E-state index in [-0.39, 0.29) is 11.4 Å². The van der Waals surface area contributed by atoms with Gasteiger partial charge < -0.3 is 11.1 Å². The van der Waals surface area contributed by atoms with E-state index >= 15 is 0 Å². The summed E-state index contributed by atoms with van der Waals surface area (Å²) in [4.78, 5) is 13.2. The van der Waals surface area contributed by atoms with Gasteiger partial charge in [0.25, 0.3) is 0 Å². The molecule has 0 spiro atoms. The number of likely N-dealkylation sites (N-methyl/N-ethyl adjacent to an activating group) is 2. The molecule has 0 rings (SSSR count). The second kappa shape index (κ2) is 5.19. The third-order valence-electron chi connectivity index (χ3n) is 2.35. The summed E-state index contributed by atoms with van der Waals surface area (Å²) in [7, 11) is 1.64. The van der Waals surface area contributed by atoms with Crippen molar-refractivity contribution >= 4 is 5.91 Å². The third-order valence-corrected chi connectivity index (χ3v) is 2.35. The van der Waals surface area contributed by atoms with Crippen LogP contribution in [0.4, 0.5) is 0 Å². The van der Waals surface area contributed by atoms with Crippen LogP contribution in [0.15, 0.2) is 0 Å². The topological polar surface area (TPSA) is 58.4 Å². The van der Waals surface area contributed by atoms with Crippen LogP contribution in [0.3, 0.4) is 0 Å². The zero-order valence-electron chi connectivity index (χ0n) is 9.05. The Hall–Kier alpha value is -0.610. The highest BCUT2D eigenvalue weighted by atomic mass is 16.1. The fraction of sp³-hybridized carbons (Fsp3) is 0.889. The van der Waals surface area contributed by atoms with Gasteiger partial charge in [-0.3, -0.25) is 9.69 Å². The average molecular weight is 187 g/mol. The Morgan fingerprint density at radius 2 is 2.08 bits per heavy atom. The van der Waals surface area contributed by atoms with Crippen molar-refractivity contribution in [2.24, 2.45) is 5.73 Å². The van der Waals surface area contributed by atoms with Crippen molar-refractivity contribution in [1.29, 1.82) is 0 Å². The maximum atomic E-state index is 11.2. The van der Waals surface area contributed by atoms with E-state index in [2.05, 4.69) is 10.2 Å². The number of rotatable bonds is 5. The molecule has 1 amide bonds. The van der Waals surface area contributed by atoms with E-state index in [4.69, 9.17) is 5.73 Å². The highest BCUT2D eigenvalue weighted by molar-refractivity contribution is 5.77. The minimum Gasteiger partial charge on any atom is -0.358 e. The van der Waals surface area contributed by atoms with Crippen molar-refractivity contribution < 1.29 is 4.79 Å². The molecule has 0 aromatic carbocycles. The maximum Gasteiger partial charge on any atom is 0.233 e. The summed E-state index contributed by atoms with van der Waals surface area (Å²) in [5, 5.41) is 2.60. The van der Waals surface area contributed by atoms with Gasteiger partial charge in [-0.15, -0.1) is 0 Å². The van der Waals surface area contributed by atoms with Crippen LogP contribution < -0.4 is 11.1 Å². The van der Waals surface area contributed by atoms with E-state index in [0.29, 0.717) is 13.1 Å². The summed E-state index contributed by atoms with van der Waals surface area (Å²) in [6.45, 7) is 7.91. The van der Waals surface area contributed by atoms with E-state index in [9.17, 15) is 4.79 Å². The van der Waals surface area contributed by atoms with E-state index in [1.165, 1.54) is 0 Å². The van der Waals surface area contributed by atoms with Crippen molar-refractivity contribution in [3.8, 4) is 0 Å². The first-order valence-electron chi connectivity index (χ1n) is 4.63. The highest BCUT2D eigenvalue weighted by Crippen LogP contribution is 2.11. The Kier molecular flexibility index (Phi) is 4.95. The standard InChI is InChI=1S/C9H21N3O/c1-5-12(6-8(13)11-4)9(2,3)7-10/h5-7,10H2,1-4H3,(H,11,13). The second-order valence-electron chi connectivity index (χ2n) is 3.70. The lowest BCUT2D eigenvalue weighted by Gasteiger charge is -2.36. The zero-order chi connectivity index (χ0) is 10.5. The van der Waals surface area contributed by atoms with Gasteiger partial charge in [-0.05, 0) is 20.4 Å². The van der Waals surface area contributed by atoms with E-state index in [0.717, 1.165) is 6.54 Å². The van der Waals surface area contributed by atoms with Crippen molar-refractivity contribution in [3.05, 3.63) is 0 Å². The largest absolute Gasteiger partial charge is 0.358 e. The van der Waals surface area contributed by atoms with Crippen molar-refractivity contribution in [1.82, 2.24) is 10.2 Å². The molecule has 0 fully saturated rings. The average Bonchev–Trinajstić information content (AvgIpc) is 2.13. The zero-order valence-corrected chi connectivity index (χ0v) is 9.05. The monoisotopic (exact) mass is 187 g/mol. The lowest BCUT2D eigenvalue weighted by Crippen LogP contribution is -2.52. The third kappa shape index (κ3) is 3.74. The maximum absolute atomic E-state index is 11.2. The molecule has 0 aliphatic rings. The summed E-state index contributed by atoms with van der Waals surface area (Å²) in [5.41, 5.74) is 5.52. The lowest BCUT2D eigenvalue weighted by atomic mass is 10.0. The van der Waals surface area contributed by atoms with Crippen molar-refractivity contribution in [2.75, 3.05) is 26.7 Å². The van der Waals surface area contributed by atoms with Gasteiger partial charge in [0, 0.05) is 19.1 Å². The Morgan fingerprint density at radius 1 is 1.54 bits per heavy atom. The molecule has 0 aliphatic carbocycles. The molecule has 78 valence electrons. The first-order chi connectivity index (χ1) is 5.97. The van der Waals surface area contributed by atoms with Crippen LogP contribution in [0.25, 0.3) is 0 Å². The molecule has 0 aromatic heterocycles. The Bertz CT molecular complexity index is 168. The first kappa shape index (κ1) is 12.4. The number of nitrogens with zero attached hydrogens (tertiary/aromatic N) is 1. The van der Waals surface area contributed by atoms with E-state index in [1.54, 1.807) is 7.05 Å². The predicted octanol–water partition coefficient (Wildman–Crippen LogP) is -0.208. The van der Waals surface area contributed by atoms with Gasteiger partial charge in [0.15, 0.2) is 0 Å². The van der Waals surface area contributed by atoms with Crippen LogP contribution >= 0.6 is 0 Å². The molecule has 0 atom stereocenters. The normalized spacial score (nSPS) is 11.8. The van der Waals surface area contributed by atoms with Crippen LogP contribution in [0.1, 0.15) is 20.8 Å². The Balaban J connectivity index is 4.25. The number of hydrogen-bond acceptors (Lipinski definition) is 3. The SMILES string of the molecule is CCN(CC(=O)NC)C(C)(C)CN. The summed E-state index contributed by atoms with van der Waals surface area (Å²) >= 11 is 0. The smallest absolute Gasteiger partial charge is 0.233 e. The number of nitrogens with two attached hydrogens (primary N) is 1. The van der Waals surface area contributed by atoms with Crippen LogP contribution in [-0.4, -0.2) is 43.0 Å². The first-order valence-corrected chi connectivity index (χ1v) is 4.63. The van der Waals surface area contributed by atoms with E-state index in [1.807, 2.05) is 20.8 Å². The fourth-order valence-corrected chi connectivity index (χ4v) is 1.14. The van der Waals surface area contributed by atoms with Crippen molar-refractivity contribution in [2.45, 2.75) is 26.3 Å². The molecule has 4 heteroatoms. The van der Waals surface area contributed by atoms with Gasteiger partial charge in [-0.1, -0.05) is 6.92 Å². The minimum atomic E-state index is -0.110. The molecule has 0 radical (unpaired) electrons. The lowest BCUT2D eigenvalue weighted by molar-refractivity contribution is -0.123. The van der Waals surface area contributed by atoms with Gasteiger partial charge in [0.1, 0.15) is 0 Å². The second-order valence-corrected chi connectivity index (χ2v) is 3.70. The molecule has 3 N–H and O–H groups in total. The molecule has 4 nitrogen and oxygen atoms in total. The minimum absolute atomic E-state index is 0.0309. The molecular weight excluding hydrogens is 166 g/mol. The molecule has 0 saturated carbocycles. The number of carbonyl (C=O) groups is 1.